The molecule has 1 atom stereocenters. The van der Waals surface area contributed by atoms with Gasteiger partial charge in [0.1, 0.15) is 0 Å². The second-order valence-electron chi connectivity index (χ2n) is 10.2. The van der Waals surface area contributed by atoms with Gasteiger partial charge in [-0.2, -0.15) is 0 Å². The van der Waals surface area contributed by atoms with Crippen molar-refractivity contribution in [1.82, 2.24) is 30.1 Å². The molecule has 3 aromatic rings. The van der Waals surface area contributed by atoms with Gasteiger partial charge in [-0.15, -0.1) is 5.10 Å². The van der Waals surface area contributed by atoms with Crippen molar-refractivity contribution in [2.75, 3.05) is 0 Å². The predicted molar refractivity (Wildman–Crippen MR) is 128 cm³/mol. The van der Waals surface area contributed by atoms with Crippen LogP contribution in [0.5, 0.6) is 0 Å². The highest BCUT2D eigenvalue weighted by Crippen LogP contribution is 2.35. The van der Waals surface area contributed by atoms with Gasteiger partial charge in [-0.1, -0.05) is 44.4 Å². The third-order valence-corrected chi connectivity index (χ3v) is 6.70. The highest BCUT2D eigenvalue weighted by Gasteiger charge is 2.35. The van der Waals surface area contributed by atoms with Crippen LogP contribution in [0.4, 0.5) is 0 Å². The average Bonchev–Trinajstić information content (AvgIpc) is 3.43. The van der Waals surface area contributed by atoms with Crippen LogP contribution in [-0.2, 0) is 12.1 Å². The molecule has 172 valence electrons. The zero-order valence-corrected chi connectivity index (χ0v) is 20.1. The Kier molecular flexibility index (Phi) is 6.47. The Hall–Kier alpha value is -2.54. The summed E-state index contributed by atoms with van der Waals surface area (Å²) in [6.07, 6.45) is 6.76. The number of para-hydroxylation sites is 1. The van der Waals surface area contributed by atoms with Crippen LogP contribution < -0.4 is 5.56 Å². The summed E-state index contributed by atoms with van der Waals surface area (Å²) >= 11 is 0. The summed E-state index contributed by atoms with van der Waals surface area (Å²) in [6.45, 7) is 11.2. The summed E-state index contributed by atoms with van der Waals surface area (Å²) < 4.78 is 1.96. The van der Waals surface area contributed by atoms with E-state index >= 15 is 0 Å². The normalized spacial score (nSPS) is 16.3. The quantitative estimate of drug-likeness (QED) is 0.572. The molecule has 32 heavy (non-hydrogen) atoms. The van der Waals surface area contributed by atoms with E-state index in [4.69, 9.17) is 0 Å². The zero-order chi connectivity index (χ0) is 22.9. The van der Waals surface area contributed by atoms with Crippen LogP contribution in [0.1, 0.15) is 89.2 Å². The van der Waals surface area contributed by atoms with E-state index < -0.39 is 0 Å². The van der Waals surface area contributed by atoms with E-state index in [-0.39, 0.29) is 17.1 Å². The molecule has 1 aliphatic carbocycles. The minimum atomic E-state index is -0.204. The number of aryl methyl sites for hydroxylation is 1. The lowest BCUT2D eigenvalue weighted by molar-refractivity contribution is 0.104. The molecule has 1 unspecified atom stereocenters. The molecule has 2 aromatic heterocycles. The van der Waals surface area contributed by atoms with E-state index in [2.05, 4.69) is 65.2 Å². The lowest BCUT2D eigenvalue weighted by atomic mass is 10.0. The SMILES string of the molecule is CCCC(c1nnnn1C(C)(C)C)N(Cc1cc2cccc(C)c2[nH]c1=O)C1CCCC1. The maximum Gasteiger partial charge on any atom is 0.252 e. The Bertz CT molecular complexity index is 1120. The van der Waals surface area contributed by atoms with E-state index in [0.29, 0.717) is 12.6 Å². The van der Waals surface area contributed by atoms with Crippen LogP contribution in [0.2, 0.25) is 0 Å². The molecule has 0 bridgehead atoms. The first-order valence-corrected chi connectivity index (χ1v) is 12.0. The number of hydrogen-bond donors (Lipinski definition) is 1. The van der Waals surface area contributed by atoms with Crippen LogP contribution in [-0.4, -0.2) is 36.1 Å². The Balaban J connectivity index is 1.77. The number of nitrogens with one attached hydrogen (secondary N) is 1. The molecule has 1 saturated carbocycles. The van der Waals surface area contributed by atoms with Crippen molar-refractivity contribution < 1.29 is 0 Å². The van der Waals surface area contributed by atoms with Gasteiger partial charge < -0.3 is 4.98 Å². The average molecular weight is 437 g/mol. The summed E-state index contributed by atoms with van der Waals surface area (Å²) in [4.78, 5) is 18.7. The second-order valence-corrected chi connectivity index (χ2v) is 10.2. The second kappa shape index (κ2) is 9.14. The van der Waals surface area contributed by atoms with Crippen molar-refractivity contribution in [2.24, 2.45) is 0 Å². The highest BCUT2D eigenvalue weighted by molar-refractivity contribution is 5.81. The maximum absolute atomic E-state index is 13.1. The summed E-state index contributed by atoms with van der Waals surface area (Å²) in [7, 11) is 0. The van der Waals surface area contributed by atoms with Crippen LogP contribution in [0.25, 0.3) is 10.9 Å². The molecular weight excluding hydrogens is 400 g/mol. The van der Waals surface area contributed by atoms with Crippen molar-refractivity contribution in [1.29, 1.82) is 0 Å². The first-order valence-electron chi connectivity index (χ1n) is 12.0. The fourth-order valence-electron chi connectivity index (χ4n) is 5.07. The molecule has 2 heterocycles. The Morgan fingerprint density at radius 3 is 2.69 bits per heavy atom. The number of H-pyrrole nitrogens is 1. The van der Waals surface area contributed by atoms with Crippen molar-refractivity contribution >= 4 is 10.9 Å². The largest absolute Gasteiger partial charge is 0.321 e. The summed E-state index contributed by atoms with van der Waals surface area (Å²) in [6, 6.07) is 8.73. The first-order chi connectivity index (χ1) is 15.3. The molecule has 0 saturated heterocycles. The third-order valence-electron chi connectivity index (χ3n) is 6.70. The first kappa shape index (κ1) is 22.6. The lowest BCUT2D eigenvalue weighted by Gasteiger charge is -2.37. The summed E-state index contributed by atoms with van der Waals surface area (Å²) in [5.41, 5.74) is 2.62. The highest BCUT2D eigenvalue weighted by atomic mass is 16.1. The molecule has 4 rings (SSSR count). The number of pyridine rings is 1. The van der Waals surface area contributed by atoms with Crippen molar-refractivity contribution in [3.63, 3.8) is 0 Å². The summed E-state index contributed by atoms with van der Waals surface area (Å²) in [5.74, 6) is 0.902. The molecular formula is C25H36N6O. The Morgan fingerprint density at radius 1 is 1.25 bits per heavy atom. The van der Waals surface area contributed by atoms with Crippen molar-refractivity contribution in [2.45, 2.75) is 97.3 Å². The van der Waals surface area contributed by atoms with Crippen LogP contribution >= 0.6 is 0 Å². The van der Waals surface area contributed by atoms with Crippen molar-refractivity contribution in [3.8, 4) is 0 Å². The van der Waals surface area contributed by atoms with Crippen LogP contribution in [0.3, 0.4) is 0 Å². The zero-order valence-electron chi connectivity index (χ0n) is 20.1. The van der Waals surface area contributed by atoms with Gasteiger partial charge in [0.2, 0.25) is 0 Å². The smallest absolute Gasteiger partial charge is 0.252 e. The van der Waals surface area contributed by atoms with Gasteiger partial charge >= 0.3 is 0 Å². The maximum atomic E-state index is 13.1. The van der Waals surface area contributed by atoms with E-state index in [1.54, 1.807) is 0 Å². The van der Waals surface area contributed by atoms with E-state index in [0.717, 1.165) is 53.5 Å². The molecule has 0 aliphatic heterocycles. The Morgan fingerprint density at radius 2 is 2.00 bits per heavy atom. The van der Waals surface area contributed by atoms with Gasteiger partial charge in [0, 0.05) is 18.2 Å². The fourth-order valence-corrected chi connectivity index (χ4v) is 5.07. The van der Waals surface area contributed by atoms with Gasteiger partial charge in [0.15, 0.2) is 5.82 Å². The molecule has 7 nitrogen and oxygen atoms in total. The van der Waals surface area contributed by atoms with E-state index in [9.17, 15) is 4.79 Å². The molecule has 1 aromatic carbocycles. The van der Waals surface area contributed by atoms with Gasteiger partial charge in [-0.05, 0) is 74.4 Å². The summed E-state index contributed by atoms with van der Waals surface area (Å²) in [5, 5.41) is 14.0. The number of tetrazole rings is 1. The topological polar surface area (TPSA) is 79.7 Å². The fraction of sp³-hybridized carbons (Fsp3) is 0.600. The number of rotatable bonds is 7. The predicted octanol–water partition coefficient (Wildman–Crippen LogP) is 4.86. The number of nitrogens with zero attached hydrogens (tertiary/aromatic N) is 5. The van der Waals surface area contributed by atoms with E-state index in [1.807, 2.05) is 23.7 Å². The van der Waals surface area contributed by atoms with Gasteiger partial charge in [-0.25, -0.2) is 4.68 Å². The third kappa shape index (κ3) is 4.49. The minimum absolute atomic E-state index is 0.000425. The van der Waals surface area contributed by atoms with Crippen LogP contribution in [0, 0.1) is 6.92 Å². The minimum Gasteiger partial charge on any atom is -0.321 e. The van der Waals surface area contributed by atoms with Crippen molar-refractivity contribution in [3.05, 3.63) is 51.6 Å². The van der Waals surface area contributed by atoms with Crippen LogP contribution in [0.15, 0.2) is 29.1 Å². The number of hydrogen-bond acceptors (Lipinski definition) is 5. The monoisotopic (exact) mass is 436 g/mol. The Labute approximate surface area is 190 Å². The number of aromatic nitrogens is 5. The molecule has 7 heteroatoms. The molecule has 0 spiro atoms. The van der Waals surface area contributed by atoms with Gasteiger partial charge in [0.25, 0.3) is 5.56 Å². The molecule has 0 amide bonds. The number of benzene rings is 1. The number of fused-ring (bicyclic) bond motifs is 1. The molecule has 1 aliphatic rings. The van der Waals surface area contributed by atoms with Gasteiger partial charge in [0.05, 0.1) is 17.1 Å². The molecule has 0 radical (unpaired) electrons. The molecule has 1 fully saturated rings. The number of aromatic amines is 1. The lowest BCUT2D eigenvalue weighted by Crippen LogP contribution is -2.40. The van der Waals surface area contributed by atoms with E-state index in [1.165, 1.54) is 12.8 Å². The molecule has 1 N–H and O–H groups in total. The standard InChI is InChI=1S/C25H36N6O/c1-6-10-21(23-27-28-29-31(23)25(3,4)5)30(20-13-7-8-14-20)16-19-15-18-12-9-11-17(2)22(18)26-24(19)32/h9,11-12,15,20-21H,6-8,10,13-14,16H2,1-5H3,(H,26,32). The van der Waals surface area contributed by atoms with Gasteiger partial charge in [-0.3, -0.25) is 9.69 Å².